The van der Waals surface area contributed by atoms with Gasteiger partial charge in [0.25, 0.3) is 0 Å². The zero-order chi connectivity index (χ0) is 11.5. The largest absolute Gasteiger partial charge is 0.368 e. The Morgan fingerprint density at radius 2 is 2.44 bits per heavy atom. The molecule has 0 radical (unpaired) electrons. The third-order valence-electron chi connectivity index (χ3n) is 2.95. The summed E-state index contributed by atoms with van der Waals surface area (Å²) in [4.78, 5) is 13.5. The highest BCUT2D eigenvalue weighted by molar-refractivity contribution is 9.11. The van der Waals surface area contributed by atoms with Gasteiger partial charge in [0, 0.05) is 6.54 Å². The number of piperidine rings is 1. The predicted octanol–water partition coefficient (Wildman–Crippen LogP) is 2.35. The number of hydrogen-bond acceptors (Lipinski definition) is 3. The van der Waals surface area contributed by atoms with Gasteiger partial charge in [0.05, 0.1) is 9.83 Å². The summed E-state index contributed by atoms with van der Waals surface area (Å²) in [5.41, 5.74) is 6.68. The topological polar surface area (TPSA) is 46.3 Å². The lowest BCUT2D eigenvalue weighted by molar-refractivity contribution is -0.124. The molecule has 2 heterocycles. The van der Waals surface area contributed by atoms with Crippen LogP contribution in [0, 0.1) is 0 Å². The average Bonchev–Trinajstić information content (AvgIpc) is 2.64. The smallest absolute Gasteiger partial charge is 0.234 e. The Balaban J connectivity index is 2.03. The van der Waals surface area contributed by atoms with Crippen LogP contribution in [0.25, 0.3) is 0 Å². The summed E-state index contributed by atoms with van der Waals surface area (Å²) in [6.07, 6.45) is 3.17. The monoisotopic (exact) mass is 302 g/mol. The molecule has 0 unspecified atom stereocenters. The second-order valence-electron chi connectivity index (χ2n) is 4.14. The van der Waals surface area contributed by atoms with Crippen LogP contribution in [0.4, 0.5) is 0 Å². The van der Waals surface area contributed by atoms with Crippen molar-refractivity contribution in [3.63, 3.8) is 0 Å². The number of likely N-dealkylation sites (tertiary alicyclic amines) is 1. The number of hydrogen-bond donors (Lipinski definition) is 1. The Morgan fingerprint density at radius 1 is 1.62 bits per heavy atom. The van der Waals surface area contributed by atoms with E-state index in [1.54, 1.807) is 11.3 Å². The number of nitrogens with two attached hydrogens (primary N) is 1. The van der Waals surface area contributed by atoms with Crippen LogP contribution in [0.15, 0.2) is 15.2 Å². The van der Waals surface area contributed by atoms with Crippen LogP contribution < -0.4 is 5.73 Å². The molecule has 5 heteroatoms. The van der Waals surface area contributed by atoms with Gasteiger partial charge in [-0.25, -0.2) is 0 Å². The molecule has 0 aromatic carbocycles. The first-order valence-corrected chi connectivity index (χ1v) is 7.10. The number of nitrogens with zero attached hydrogens (tertiary/aromatic N) is 1. The maximum absolute atomic E-state index is 11.3. The summed E-state index contributed by atoms with van der Waals surface area (Å²) < 4.78 is 1.13. The van der Waals surface area contributed by atoms with Crippen molar-refractivity contribution in [2.75, 3.05) is 6.54 Å². The molecule has 1 aromatic rings. The molecule has 2 rings (SSSR count). The molecule has 0 saturated carbocycles. The van der Waals surface area contributed by atoms with Crippen molar-refractivity contribution >= 4 is 33.2 Å². The van der Waals surface area contributed by atoms with E-state index in [9.17, 15) is 4.79 Å². The first kappa shape index (κ1) is 12.1. The minimum atomic E-state index is -0.186. The summed E-state index contributed by atoms with van der Waals surface area (Å²) in [6, 6.07) is 2.03. The molecule has 1 saturated heterocycles. The standard InChI is InChI=1S/C11H15BrN2OS/c12-10-5-8(7-16-10)6-14-4-2-1-3-9(14)11(13)15/h5,7,9H,1-4,6H2,(H2,13,15)/t9-/m0/s1. The van der Waals surface area contributed by atoms with E-state index in [0.29, 0.717) is 0 Å². The van der Waals surface area contributed by atoms with Crippen LogP contribution in [-0.2, 0) is 11.3 Å². The van der Waals surface area contributed by atoms with Crippen molar-refractivity contribution in [1.82, 2.24) is 4.90 Å². The lowest BCUT2D eigenvalue weighted by Crippen LogP contribution is -2.47. The maximum Gasteiger partial charge on any atom is 0.234 e. The molecule has 16 heavy (non-hydrogen) atoms. The zero-order valence-electron chi connectivity index (χ0n) is 8.99. The Bertz CT molecular complexity index is 380. The predicted molar refractivity (Wildman–Crippen MR) is 69.3 cm³/mol. The number of amides is 1. The molecule has 1 aliphatic rings. The van der Waals surface area contributed by atoms with Crippen LogP contribution in [-0.4, -0.2) is 23.4 Å². The van der Waals surface area contributed by atoms with Gasteiger partial charge in [-0.3, -0.25) is 9.69 Å². The fraction of sp³-hybridized carbons (Fsp3) is 0.545. The van der Waals surface area contributed by atoms with Crippen molar-refractivity contribution in [3.8, 4) is 0 Å². The van der Waals surface area contributed by atoms with Crippen molar-refractivity contribution in [1.29, 1.82) is 0 Å². The summed E-state index contributed by atoms with van der Waals surface area (Å²) in [5, 5.41) is 2.12. The molecule has 2 N–H and O–H groups in total. The summed E-state index contributed by atoms with van der Waals surface area (Å²) in [5.74, 6) is -0.186. The van der Waals surface area contributed by atoms with Gasteiger partial charge in [0.15, 0.2) is 0 Å². The average molecular weight is 303 g/mol. The molecule has 3 nitrogen and oxygen atoms in total. The first-order valence-electron chi connectivity index (χ1n) is 5.43. The Kier molecular flexibility index (Phi) is 4.00. The molecular weight excluding hydrogens is 288 g/mol. The molecule has 0 spiro atoms. The number of rotatable bonds is 3. The van der Waals surface area contributed by atoms with Gasteiger partial charge in [-0.05, 0) is 52.3 Å². The van der Waals surface area contributed by atoms with Crippen molar-refractivity contribution < 1.29 is 4.79 Å². The number of carbonyl (C=O) groups excluding carboxylic acids is 1. The minimum absolute atomic E-state index is 0.0765. The fourth-order valence-electron chi connectivity index (χ4n) is 2.17. The SMILES string of the molecule is NC(=O)[C@@H]1CCCCN1Cc1csc(Br)c1. The van der Waals surface area contributed by atoms with Crippen molar-refractivity contribution in [2.45, 2.75) is 31.8 Å². The summed E-state index contributed by atoms with van der Waals surface area (Å²) in [6.45, 7) is 1.80. The van der Waals surface area contributed by atoms with Crippen LogP contribution in [0.1, 0.15) is 24.8 Å². The molecule has 1 fully saturated rings. The van der Waals surface area contributed by atoms with E-state index >= 15 is 0 Å². The minimum Gasteiger partial charge on any atom is -0.368 e. The number of thiophene rings is 1. The molecule has 1 amide bonds. The zero-order valence-corrected chi connectivity index (χ0v) is 11.4. The van der Waals surface area contributed by atoms with E-state index in [1.807, 2.05) is 0 Å². The first-order chi connectivity index (χ1) is 7.66. The molecule has 1 aromatic heterocycles. The van der Waals surface area contributed by atoms with E-state index in [1.165, 1.54) is 5.56 Å². The van der Waals surface area contributed by atoms with Gasteiger partial charge < -0.3 is 5.73 Å². The quantitative estimate of drug-likeness (QED) is 0.931. The lowest BCUT2D eigenvalue weighted by Gasteiger charge is -2.33. The molecule has 1 atom stereocenters. The van der Waals surface area contributed by atoms with Crippen LogP contribution in [0.2, 0.25) is 0 Å². The van der Waals surface area contributed by atoms with E-state index in [0.717, 1.165) is 36.1 Å². The van der Waals surface area contributed by atoms with Gasteiger partial charge in [-0.15, -0.1) is 11.3 Å². The van der Waals surface area contributed by atoms with Crippen LogP contribution in [0.5, 0.6) is 0 Å². The van der Waals surface area contributed by atoms with Gasteiger partial charge in [-0.1, -0.05) is 6.42 Å². The molecule has 1 aliphatic heterocycles. The third-order valence-corrected chi connectivity index (χ3v) is 4.50. The summed E-state index contributed by atoms with van der Waals surface area (Å²) in [7, 11) is 0. The van der Waals surface area contributed by atoms with E-state index in [4.69, 9.17) is 5.73 Å². The fourth-order valence-corrected chi connectivity index (χ4v) is 3.37. The third kappa shape index (κ3) is 2.84. The van der Waals surface area contributed by atoms with Gasteiger partial charge in [0.2, 0.25) is 5.91 Å². The van der Waals surface area contributed by atoms with Gasteiger partial charge >= 0.3 is 0 Å². The van der Waals surface area contributed by atoms with Crippen LogP contribution >= 0.6 is 27.3 Å². The highest BCUT2D eigenvalue weighted by Crippen LogP contribution is 2.24. The van der Waals surface area contributed by atoms with Crippen LogP contribution in [0.3, 0.4) is 0 Å². The van der Waals surface area contributed by atoms with E-state index in [-0.39, 0.29) is 11.9 Å². The molecule has 0 bridgehead atoms. The number of halogens is 1. The van der Waals surface area contributed by atoms with Gasteiger partial charge in [0.1, 0.15) is 0 Å². The highest BCUT2D eigenvalue weighted by Gasteiger charge is 2.26. The Morgan fingerprint density at radius 3 is 3.06 bits per heavy atom. The van der Waals surface area contributed by atoms with E-state index in [2.05, 4.69) is 32.3 Å². The number of primary amides is 1. The normalized spacial score (nSPS) is 22.2. The Labute approximate surface area is 108 Å². The van der Waals surface area contributed by atoms with E-state index < -0.39 is 0 Å². The lowest BCUT2D eigenvalue weighted by atomic mass is 10.0. The van der Waals surface area contributed by atoms with Crippen molar-refractivity contribution in [3.05, 3.63) is 20.8 Å². The number of carbonyl (C=O) groups is 1. The van der Waals surface area contributed by atoms with Crippen molar-refractivity contribution in [2.24, 2.45) is 5.73 Å². The maximum atomic E-state index is 11.3. The molecule has 0 aliphatic carbocycles. The molecular formula is C11H15BrN2OS. The summed E-state index contributed by atoms with van der Waals surface area (Å²) >= 11 is 5.13. The highest BCUT2D eigenvalue weighted by atomic mass is 79.9. The second kappa shape index (κ2) is 5.29. The Hall–Kier alpha value is -0.390. The second-order valence-corrected chi connectivity index (χ2v) is 6.43. The molecule has 88 valence electrons. The van der Waals surface area contributed by atoms with Gasteiger partial charge in [-0.2, -0.15) is 0 Å².